The minimum absolute atomic E-state index is 0.0433. The summed E-state index contributed by atoms with van der Waals surface area (Å²) in [5, 5.41) is 21.3. The molecule has 0 fully saturated rings. The molecule has 1 aliphatic rings. The number of pyridine rings is 1. The number of esters is 2. The smallest absolute Gasteiger partial charge is 0.355 e. The predicted molar refractivity (Wildman–Crippen MR) is 92.0 cm³/mol. The van der Waals surface area contributed by atoms with Crippen LogP contribution in [0.4, 0.5) is 5.95 Å². The fourth-order valence-electron chi connectivity index (χ4n) is 2.78. The van der Waals surface area contributed by atoms with Crippen LogP contribution in [0, 0.1) is 11.3 Å². The first-order valence-electron chi connectivity index (χ1n) is 7.82. The number of carbonyl (C=O) groups is 2. The third-order valence-corrected chi connectivity index (χ3v) is 3.89. The number of rotatable bonds is 4. The van der Waals surface area contributed by atoms with E-state index in [4.69, 9.17) is 14.6 Å². The molecule has 0 bridgehead atoms. The molecule has 3 heterocycles. The van der Waals surface area contributed by atoms with Gasteiger partial charge in [0, 0.05) is 0 Å². The molecule has 0 aliphatic carbocycles. The zero-order valence-electron chi connectivity index (χ0n) is 14.5. The number of ether oxygens (including phenoxy) is 2. The number of nitrogens with zero attached hydrogens (tertiary/aromatic N) is 4. The molecule has 0 saturated heterocycles. The zero-order chi connectivity index (χ0) is 19.6. The average Bonchev–Trinajstić information content (AvgIpc) is 2.70. The maximum absolute atomic E-state index is 12.3. The summed E-state index contributed by atoms with van der Waals surface area (Å²) in [6.45, 7) is -0.148. The lowest BCUT2D eigenvalue weighted by Gasteiger charge is -2.23. The fourth-order valence-corrected chi connectivity index (χ4v) is 2.78. The van der Waals surface area contributed by atoms with E-state index in [2.05, 4.69) is 15.3 Å². The molecule has 0 aromatic carbocycles. The highest BCUT2D eigenvalue weighted by atomic mass is 16.5. The van der Waals surface area contributed by atoms with E-state index in [0.717, 1.165) is 0 Å². The van der Waals surface area contributed by atoms with Crippen molar-refractivity contribution in [2.75, 3.05) is 32.7 Å². The second kappa shape index (κ2) is 7.27. The Kier molecular flexibility index (Phi) is 4.87. The van der Waals surface area contributed by atoms with E-state index in [1.807, 2.05) is 6.07 Å². The Balaban J connectivity index is 2.43. The van der Waals surface area contributed by atoms with E-state index < -0.39 is 11.9 Å². The highest BCUT2D eigenvalue weighted by Gasteiger charge is 2.31. The van der Waals surface area contributed by atoms with Crippen LogP contribution in [-0.4, -0.2) is 53.8 Å². The Morgan fingerprint density at radius 2 is 2.07 bits per heavy atom. The van der Waals surface area contributed by atoms with E-state index in [1.54, 1.807) is 18.2 Å². The Morgan fingerprint density at radius 3 is 2.70 bits per heavy atom. The molecule has 1 aliphatic heterocycles. The van der Waals surface area contributed by atoms with Gasteiger partial charge in [0.2, 0.25) is 5.95 Å². The summed E-state index contributed by atoms with van der Waals surface area (Å²) < 4.78 is 11.1. The summed E-state index contributed by atoms with van der Waals surface area (Å²) >= 11 is 0. The summed E-state index contributed by atoms with van der Waals surface area (Å²) in [6.07, 6.45) is 0. The third-order valence-electron chi connectivity index (χ3n) is 3.89. The van der Waals surface area contributed by atoms with Gasteiger partial charge in [0.25, 0.3) is 0 Å². The second-order valence-corrected chi connectivity index (χ2v) is 5.34. The van der Waals surface area contributed by atoms with Crippen molar-refractivity contribution >= 4 is 29.0 Å². The molecule has 2 aromatic rings. The molecule has 3 rings (SSSR count). The van der Waals surface area contributed by atoms with Crippen molar-refractivity contribution in [1.29, 1.82) is 5.26 Å². The van der Waals surface area contributed by atoms with E-state index in [0.29, 0.717) is 11.2 Å². The van der Waals surface area contributed by atoms with Gasteiger partial charge in [-0.15, -0.1) is 0 Å². The predicted octanol–water partition coefficient (Wildman–Crippen LogP) is -0.418. The van der Waals surface area contributed by atoms with Crippen LogP contribution >= 0.6 is 0 Å². The van der Waals surface area contributed by atoms with Crippen LogP contribution in [0.15, 0.2) is 28.9 Å². The second-order valence-electron chi connectivity index (χ2n) is 5.34. The van der Waals surface area contributed by atoms with Crippen LogP contribution in [0.5, 0.6) is 0 Å². The molecule has 0 atom stereocenters. The lowest BCUT2D eigenvalue weighted by Crippen LogP contribution is -2.30. The number of hydrogen-bond acceptors (Lipinski definition) is 9. The van der Waals surface area contributed by atoms with E-state index in [9.17, 15) is 14.9 Å². The number of carbonyl (C=O) groups excluding carboxylic acids is 2. The third kappa shape index (κ3) is 2.90. The average molecular weight is 369 g/mol. The number of nitriles is 1. The van der Waals surface area contributed by atoms with E-state index >= 15 is 0 Å². The zero-order valence-corrected chi connectivity index (χ0v) is 14.5. The summed E-state index contributed by atoms with van der Waals surface area (Å²) in [7, 11) is 2.38. The summed E-state index contributed by atoms with van der Waals surface area (Å²) in [5.41, 5.74) is 0.833. The van der Waals surface area contributed by atoms with Crippen molar-refractivity contribution < 1.29 is 24.2 Å². The molecular weight excluding hydrogens is 354 g/mol. The van der Waals surface area contributed by atoms with Gasteiger partial charge in [0.15, 0.2) is 5.49 Å². The van der Waals surface area contributed by atoms with Crippen molar-refractivity contribution in [1.82, 2.24) is 9.38 Å². The summed E-state index contributed by atoms with van der Waals surface area (Å²) in [5.74, 6) is -1.36. The monoisotopic (exact) mass is 369 g/mol. The largest absolute Gasteiger partial charge is 0.465 e. The number of nitrogens with one attached hydrogen (secondary N) is 1. The lowest BCUT2D eigenvalue weighted by molar-refractivity contribution is -0.137. The summed E-state index contributed by atoms with van der Waals surface area (Å²) in [6, 6.07) is 6.93. The maximum atomic E-state index is 12.3. The molecule has 0 saturated carbocycles. The first-order valence-corrected chi connectivity index (χ1v) is 7.82. The maximum Gasteiger partial charge on any atom is 0.355 e. The number of anilines is 1. The number of aliphatic hydroxyl groups excluding tert-OH is 1. The first kappa shape index (κ1) is 18.1. The molecule has 10 heteroatoms. The van der Waals surface area contributed by atoms with Crippen molar-refractivity contribution in [2.24, 2.45) is 4.99 Å². The van der Waals surface area contributed by atoms with Gasteiger partial charge >= 0.3 is 11.9 Å². The van der Waals surface area contributed by atoms with Gasteiger partial charge in [0.05, 0.1) is 38.6 Å². The van der Waals surface area contributed by atoms with Crippen LogP contribution in [0.3, 0.4) is 0 Å². The molecular formula is C17H15N5O5. The van der Waals surface area contributed by atoms with Gasteiger partial charge in [-0.25, -0.2) is 9.59 Å². The summed E-state index contributed by atoms with van der Waals surface area (Å²) in [4.78, 5) is 32.9. The Hall–Kier alpha value is -3.71. The van der Waals surface area contributed by atoms with Crippen molar-refractivity contribution in [3.8, 4) is 6.07 Å². The minimum atomic E-state index is -0.779. The molecule has 0 unspecified atom stereocenters. The standard InChI is InChI=1S/C17H15N5O5/c1-26-15(24)12-11-5-3-4-10-9(8-18)14(19-6-7-23)21-17(22(10)11)20-13(12)16(25)27-2/h3-5,23H,6-7H2,1-2H3,(H,19,20,21). The molecule has 10 nitrogen and oxygen atoms in total. The molecule has 2 aromatic heterocycles. The van der Waals surface area contributed by atoms with Gasteiger partial charge in [-0.2, -0.15) is 10.2 Å². The topological polar surface area (TPSA) is 138 Å². The molecule has 0 amide bonds. The fraction of sp³-hybridized carbons (Fsp3) is 0.235. The molecule has 138 valence electrons. The van der Waals surface area contributed by atoms with Gasteiger partial charge in [-0.3, -0.25) is 9.39 Å². The SMILES string of the molecule is COC(=O)C1=C(C(=O)OC)c2cccc3c(C#N)c(=NCCO)nc(n23)N1. The van der Waals surface area contributed by atoms with Gasteiger partial charge in [-0.05, 0) is 12.1 Å². The number of methoxy groups -OCH3 is 2. The highest BCUT2D eigenvalue weighted by Crippen LogP contribution is 2.30. The Morgan fingerprint density at radius 1 is 1.33 bits per heavy atom. The molecule has 27 heavy (non-hydrogen) atoms. The highest BCUT2D eigenvalue weighted by molar-refractivity contribution is 6.24. The van der Waals surface area contributed by atoms with Crippen molar-refractivity contribution in [2.45, 2.75) is 0 Å². The lowest BCUT2D eigenvalue weighted by atomic mass is 10.1. The van der Waals surface area contributed by atoms with Gasteiger partial charge < -0.3 is 19.9 Å². The van der Waals surface area contributed by atoms with Crippen LogP contribution in [0.25, 0.3) is 11.1 Å². The van der Waals surface area contributed by atoms with E-state index in [-0.39, 0.29) is 41.4 Å². The van der Waals surface area contributed by atoms with Gasteiger partial charge in [0.1, 0.15) is 22.9 Å². The molecule has 2 N–H and O–H groups in total. The van der Waals surface area contributed by atoms with Crippen molar-refractivity contribution in [3.63, 3.8) is 0 Å². The minimum Gasteiger partial charge on any atom is -0.465 e. The Bertz CT molecular complexity index is 1090. The van der Waals surface area contributed by atoms with Crippen LogP contribution in [-0.2, 0) is 19.1 Å². The van der Waals surface area contributed by atoms with Gasteiger partial charge in [-0.1, -0.05) is 6.07 Å². The molecule has 0 spiro atoms. The number of hydrogen-bond donors (Lipinski definition) is 2. The van der Waals surface area contributed by atoms with Crippen LogP contribution in [0.2, 0.25) is 0 Å². The number of aromatic nitrogens is 2. The first-order chi connectivity index (χ1) is 13.1. The van der Waals surface area contributed by atoms with Crippen molar-refractivity contribution in [3.05, 3.63) is 40.6 Å². The Labute approximate surface area is 153 Å². The van der Waals surface area contributed by atoms with Crippen LogP contribution < -0.4 is 10.8 Å². The van der Waals surface area contributed by atoms with Crippen LogP contribution in [0.1, 0.15) is 11.3 Å². The normalized spacial score (nSPS) is 13.2. The van der Waals surface area contributed by atoms with E-state index in [1.165, 1.54) is 18.6 Å². The number of aliphatic hydroxyl groups is 1. The molecule has 0 radical (unpaired) electrons. The quantitative estimate of drug-likeness (QED) is 0.693.